The van der Waals surface area contributed by atoms with Gasteiger partial charge in [0.2, 0.25) is 5.91 Å². The van der Waals surface area contributed by atoms with Crippen LogP contribution in [-0.2, 0) is 22.1 Å². The lowest BCUT2D eigenvalue weighted by molar-refractivity contribution is -0.122. The zero-order valence-electron chi connectivity index (χ0n) is 20.9. The van der Waals surface area contributed by atoms with E-state index in [1.165, 1.54) is 18.2 Å². The molecule has 0 bridgehead atoms. The number of halogens is 1. The lowest BCUT2D eigenvalue weighted by Crippen LogP contribution is -2.34. The van der Waals surface area contributed by atoms with Crippen molar-refractivity contribution in [1.29, 1.82) is 0 Å². The van der Waals surface area contributed by atoms with Crippen LogP contribution in [0.15, 0.2) is 77.8 Å². The van der Waals surface area contributed by atoms with Crippen LogP contribution in [0.2, 0.25) is 0 Å². The molecule has 2 atom stereocenters. The van der Waals surface area contributed by atoms with Gasteiger partial charge >= 0.3 is 0 Å². The van der Waals surface area contributed by atoms with Gasteiger partial charge in [-0.1, -0.05) is 18.2 Å². The summed E-state index contributed by atoms with van der Waals surface area (Å²) in [6.07, 6.45) is 3.50. The molecular weight excluding hydrogens is 503 g/mol. The molecule has 1 aliphatic carbocycles. The van der Waals surface area contributed by atoms with Crippen LogP contribution in [-0.4, -0.2) is 27.0 Å². The second kappa shape index (κ2) is 11.2. The highest BCUT2D eigenvalue weighted by atomic mass is 32.2. The molecule has 1 fully saturated rings. The van der Waals surface area contributed by atoms with Gasteiger partial charge in [-0.15, -0.1) is 0 Å². The Hall–Kier alpha value is -3.98. The third-order valence-electron chi connectivity index (χ3n) is 6.43. The van der Waals surface area contributed by atoms with Gasteiger partial charge in [0.15, 0.2) is 0 Å². The SMILES string of the molecule is CCOc1ccc(F)c(C(Nc2ccc3c(N)nccc3c2)C(=O)NCc2ccccc2S(=O)C2CC2)c1. The Labute approximate surface area is 223 Å². The van der Waals surface area contributed by atoms with E-state index in [0.717, 1.165) is 34.1 Å². The maximum Gasteiger partial charge on any atom is 0.247 e. The smallest absolute Gasteiger partial charge is 0.247 e. The van der Waals surface area contributed by atoms with Crippen LogP contribution >= 0.6 is 0 Å². The van der Waals surface area contributed by atoms with Crippen molar-refractivity contribution in [1.82, 2.24) is 10.3 Å². The van der Waals surface area contributed by atoms with Gasteiger partial charge in [0, 0.05) is 39.5 Å². The number of fused-ring (bicyclic) bond motifs is 1. The van der Waals surface area contributed by atoms with Gasteiger partial charge in [-0.3, -0.25) is 9.00 Å². The van der Waals surface area contributed by atoms with E-state index in [-0.39, 0.29) is 17.4 Å². The van der Waals surface area contributed by atoms with Crippen LogP contribution in [0.25, 0.3) is 10.8 Å². The maximum atomic E-state index is 15.1. The number of carbonyl (C=O) groups is 1. The van der Waals surface area contributed by atoms with Crippen molar-refractivity contribution in [2.75, 3.05) is 17.7 Å². The van der Waals surface area contributed by atoms with Crippen LogP contribution in [0.1, 0.15) is 36.9 Å². The van der Waals surface area contributed by atoms with Gasteiger partial charge in [-0.25, -0.2) is 9.37 Å². The summed E-state index contributed by atoms with van der Waals surface area (Å²) in [7, 11) is -1.11. The van der Waals surface area contributed by atoms with Crippen LogP contribution in [0.5, 0.6) is 5.75 Å². The molecule has 1 heterocycles. The van der Waals surface area contributed by atoms with E-state index in [1.54, 1.807) is 12.3 Å². The van der Waals surface area contributed by atoms with Crippen molar-refractivity contribution in [3.05, 3.63) is 89.9 Å². The van der Waals surface area contributed by atoms with E-state index in [4.69, 9.17) is 10.5 Å². The van der Waals surface area contributed by atoms with Crippen molar-refractivity contribution in [2.24, 2.45) is 0 Å². The number of nitrogens with two attached hydrogens (primary N) is 1. The molecule has 5 rings (SSSR count). The minimum Gasteiger partial charge on any atom is -0.494 e. The quantitative estimate of drug-likeness (QED) is 0.263. The van der Waals surface area contributed by atoms with E-state index >= 15 is 4.39 Å². The third kappa shape index (κ3) is 5.62. The Morgan fingerprint density at radius 3 is 2.76 bits per heavy atom. The summed E-state index contributed by atoms with van der Waals surface area (Å²) >= 11 is 0. The maximum absolute atomic E-state index is 15.1. The second-order valence-electron chi connectivity index (χ2n) is 9.15. The summed E-state index contributed by atoms with van der Waals surface area (Å²) in [4.78, 5) is 18.4. The molecule has 196 valence electrons. The zero-order chi connectivity index (χ0) is 26.6. The predicted octanol–water partition coefficient (Wildman–Crippen LogP) is 5.09. The van der Waals surface area contributed by atoms with E-state index < -0.39 is 28.6 Å². The molecule has 9 heteroatoms. The predicted molar refractivity (Wildman–Crippen MR) is 148 cm³/mol. The lowest BCUT2D eigenvalue weighted by atomic mass is 10.0. The number of pyridine rings is 1. The highest BCUT2D eigenvalue weighted by Gasteiger charge is 2.31. The Morgan fingerprint density at radius 2 is 1.97 bits per heavy atom. The number of hydrogen-bond acceptors (Lipinski definition) is 6. The van der Waals surface area contributed by atoms with E-state index in [1.807, 2.05) is 49.4 Å². The highest BCUT2D eigenvalue weighted by molar-refractivity contribution is 7.86. The van der Waals surface area contributed by atoms with Crippen LogP contribution in [0, 0.1) is 5.82 Å². The first-order valence-corrected chi connectivity index (χ1v) is 13.7. The van der Waals surface area contributed by atoms with Gasteiger partial charge < -0.3 is 21.1 Å². The molecule has 4 N–H and O–H groups in total. The number of hydrogen-bond donors (Lipinski definition) is 3. The number of anilines is 2. The molecule has 0 aliphatic heterocycles. The molecule has 2 unspecified atom stereocenters. The minimum atomic E-state index is -1.11. The topological polar surface area (TPSA) is 106 Å². The average Bonchev–Trinajstić information content (AvgIpc) is 3.77. The van der Waals surface area contributed by atoms with E-state index in [9.17, 15) is 9.00 Å². The first kappa shape index (κ1) is 25.7. The molecule has 0 spiro atoms. The number of nitrogen functional groups attached to an aromatic ring is 1. The molecule has 38 heavy (non-hydrogen) atoms. The fourth-order valence-electron chi connectivity index (χ4n) is 4.33. The summed E-state index contributed by atoms with van der Waals surface area (Å²) in [5, 5.41) is 7.90. The van der Waals surface area contributed by atoms with E-state index in [2.05, 4.69) is 15.6 Å². The second-order valence-corrected chi connectivity index (χ2v) is 10.8. The van der Waals surface area contributed by atoms with Gasteiger partial charge in [0.05, 0.1) is 17.4 Å². The number of carbonyl (C=O) groups excluding carboxylic acids is 1. The Bertz CT molecular complexity index is 1510. The molecule has 4 aromatic rings. The number of amides is 1. The molecule has 1 saturated carbocycles. The minimum absolute atomic E-state index is 0.151. The monoisotopic (exact) mass is 532 g/mol. The Morgan fingerprint density at radius 1 is 1.16 bits per heavy atom. The molecule has 0 radical (unpaired) electrons. The lowest BCUT2D eigenvalue weighted by Gasteiger charge is -2.22. The number of ether oxygens (including phenoxy) is 1. The van der Waals surface area contributed by atoms with Crippen molar-refractivity contribution in [3.63, 3.8) is 0 Å². The number of benzene rings is 3. The van der Waals surface area contributed by atoms with Gasteiger partial charge in [-0.05, 0) is 79.2 Å². The summed E-state index contributed by atoms with van der Waals surface area (Å²) < 4.78 is 33.5. The normalized spacial score (nSPS) is 14.6. The number of rotatable bonds is 10. The fraction of sp³-hybridized carbons (Fsp3) is 0.241. The average molecular weight is 533 g/mol. The van der Waals surface area contributed by atoms with Crippen LogP contribution < -0.4 is 21.1 Å². The van der Waals surface area contributed by atoms with Gasteiger partial charge in [0.1, 0.15) is 23.4 Å². The van der Waals surface area contributed by atoms with Crippen LogP contribution in [0.4, 0.5) is 15.9 Å². The molecule has 1 amide bonds. The van der Waals surface area contributed by atoms with E-state index in [0.29, 0.717) is 23.9 Å². The summed E-state index contributed by atoms with van der Waals surface area (Å²) in [6, 6.07) is 17.9. The molecule has 7 nitrogen and oxygen atoms in total. The van der Waals surface area contributed by atoms with Crippen LogP contribution in [0.3, 0.4) is 0 Å². The number of aromatic nitrogens is 1. The summed E-state index contributed by atoms with van der Waals surface area (Å²) in [5.74, 6) is -0.100. The standard InChI is InChI=1S/C29H29FN4O3S/c1-2-37-21-8-12-25(30)24(16-21)27(34-20-7-11-23-18(15-20)13-14-32-28(23)31)29(35)33-17-19-5-3-4-6-26(19)38(36)22-9-10-22/h3-8,11-16,22,27,34H,2,9-10,17H2,1H3,(H2,31,32)(H,33,35). The van der Waals surface area contributed by atoms with Crippen molar-refractivity contribution in [2.45, 2.75) is 42.5 Å². The summed E-state index contributed by atoms with van der Waals surface area (Å²) in [6.45, 7) is 2.41. The fourth-order valence-corrected chi connectivity index (χ4v) is 5.87. The molecule has 1 aliphatic rings. The third-order valence-corrected chi connectivity index (χ3v) is 8.34. The highest BCUT2D eigenvalue weighted by Crippen LogP contribution is 2.32. The van der Waals surface area contributed by atoms with Gasteiger partial charge in [-0.2, -0.15) is 0 Å². The number of nitrogens with zero attached hydrogens (tertiary/aromatic N) is 1. The first-order valence-electron chi connectivity index (χ1n) is 12.5. The Kier molecular flexibility index (Phi) is 7.55. The van der Waals surface area contributed by atoms with Crippen molar-refractivity contribution >= 4 is 39.0 Å². The zero-order valence-corrected chi connectivity index (χ0v) is 21.8. The van der Waals surface area contributed by atoms with Crippen molar-refractivity contribution in [3.8, 4) is 5.75 Å². The molecule has 0 saturated heterocycles. The number of nitrogens with one attached hydrogen (secondary N) is 2. The molecule has 3 aromatic carbocycles. The van der Waals surface area contributed by atoms with Gasteiger partial charge in [0.25, 0.3) is 0 Å². The molecular formula is C29H29FN4O3S. The first-order chi connectivity index (χ1) is 18.4. The van der Waals surface area contributed by atoms with Crippen molar-refractivity contribution < 1.29 is 18.1 Å². The molecule has 1 aromatic heterocycles. The Balaban J connectivity index is 1.44. The summed E-state index contributed by atoms with van der Waals surface area (Å²) in [5.41, 5.74) is 7.52. The largest absolute Gasteiger partial charge is 0.494 e.